The zero-order chi connectivity index (χ0) is 29.4. The lowest BCUT2D eigenvalue weighted by molar-refractivity contribution is -0.314. The molecule has 0 bridgehead atoms. The van der Waals surface area contributed by atoms with Crippen LogP contribution in [0.5, 0.6) is 5.75 Å². The van der Waals surface area contributed by atoms with Crippen LogP contribution in [0.25, 0.3) is 5.69 Å². The second-order valence-corrected chi connectivity index (χ2v) is 11.1. The molecule has 0 aliphatic carbocycles. The van der Waals surface area contributed by atoms with Gasteiger partial charge in [-0.2, -0.15) is 0 Å². The molecule has 3 rings (SSSR count). The number of carbonyl (C=O) groups excluding carboxylic acids is 4. The maximum atomic E-state index is 14.3. The summed E-state index contributed by atoms with van der Waals surface area (Å²) in [5, 5.41) is 25.1. The van der Waals surface area contributed by atoms with Gasteiger partial charge >= 0.3 is 0 Å². The fourth-order valence-electron chi connectivity index (χ4n) is 4.76. The number of nitrogens with zero attached hydrogens (tertiary/aromatic N) is 4. The molecule has 39 heavy (non-hydrogen) atoms. The minimum Gasteiger partial charge on any atom is -0.549 e. The van der Waals surface area contributed by atoms with Gasteiger partial charge in [0.15, 0.2) is 0 Å². The van der Waals surface area contributed by atoms with Crippen LogP contribution in [0.15, 0.2) is 24.3 Å². The Hall–Kier alpha value is -3.86. The van der Waals surface area contributed by atoms with Crippen LogP contribution in [0.2, 0.25) is 0 Å². The third-order valence-corrected chi connectivity index (χ3v) is 7.37. The number of methoxy groups -OCH3 is 1. The van der Waals surface area contributed by atoms with E-state index >= 15 is 0 Å². The summed E-state index contributed by atoms with van der Waals surface area (Å²) < 4.78 is 6.65. The number of benzene rings is 1. The van der Waals surface area contributed by atoms with Crippen LogP contribution in [-0.4, -0.2) is 97.5 Å². The molecule has 11 nitrogen and oxygen atoms in total. The number of piperazine rings is 1. The van der Waals surface area contributed by atoms with Crippen LogP contribution in [0.1, 0.15) is 59.8 Å². The average Bonchev–Trinajstić information content (AvgIpc) is 3.25. The van der Waals surface area contributed by atoms with E-state index in [2.05, 4.69) is 4.90 Å². The molecular weight excluding hydrogens is 504 g/mol. The van der Waals surface area contributed by atoms with Crippen molar-refractivity contribution in [3.63, 3.8) is 0 Å². The van der Waals surface area contributed by atoms with Gasteiger partial charge < -0.3 is 43.8 Å². The molecule has 1 aromatic heterocycles. The summed E-state index contributed by atoms with van der Waals surface area (Å²) in [6.07, 6.45) is 0. The van der Waals surface area contributed by atoms with Gasteiger partial charge in [0.05, 0.1) is 19.0 Å². The summed E-state index contributed by atoms with van der Waals surface area (Å²) in [6, 6.07) is 6.52. The van der Waals surface area contributed by atoms with Gasteiger partial charge in [-0.25, -0.2) is 0 Å². The van der Waals surface area contributed by atoms with Crippen LogP contribution in [0.4, 0.5) is 0 Å². The molecule has 0 atom stereocenters. The van der Waals surface area contributed by atoms with Gasteiger partial charge in [0, 0.05) is 56.8 Å². The van der Waals surface area contributed by atoms with Crippen LogP contribution in [0, 0.1) is 0 Å². The van der Waals surface area contributed by atoms with Gasteiger partial charge in [-0.1, -0.05) is 27.7 Å². The van der Waals surface area contributed by atoms with Crippen LogP contribution < -0.4 is 14.9 Å². The standard InChI is InChI=1S/C28H38N4O7/c1-27(2,25(35)36)19-20(28(3,4)26(37)38)22(24(34)31-15-13-30(7)14-16-31)32(21(19)23(33)29(5)6)17-9-11-18(39-8)12-10-17/h9-12H,13-16H2,1-8H3,(H,35,36)(H,37,38)/p-2. The van der Waals surface area contributed by atoms with Crippen molar-refractivity contribution in [3.8, 4) is 11.4 Å². The van der Waals surface area contributed by atoms with E-state index < -0.39 is 34.6 Å². The molecule has 0 radical (unpaired) electrons. The van der Waals surface area contributed by atoms with Gasteiger partial charge in [-0.15, -0.1) is 0 Å². The van der Waals surface area contributed by atoms with E-state index in [-0.39, 0.29) is 22.5 Å². The smallest absolute Gasteiger partial charge is 0.271 e. The number of hydrogen-bond acceptors (Lipinski definition) is 8. The molecule has 2 aromatic rings. The topological polar surface area (TPSA) is 138 Å². The number of aliphatic carboxylic acids is 2. The number of carbonyl (C=O) groups is 4. The monoisotopic (exact) mass is 540 g/mol. The Morgan fingerprint density at radius 2 is 1.28 bits per heavy atom. The van der Waals surface area contributed by atoms with Gasteiger partial charge in [0.2, 0.25) is 0 Å². The van der Waals surface area contributed by atoms with Crippen molar-refractivity contribution in [2.75, 3.05) is 54.4 Å². The number of carboxylic acids is 2. The molecule has 1 fully saturated rings. The zero-order valence-corrected chi connectivity index (χ0v) is 23.8. The van der Waals surface area contributed by atoms with E-state index in [0.717, 1.165) is 0 Å². The molecular formula is C28H36N4O7-2. The molecule has 0 N–H and O–H groups in total. The van der Waals surface area contributed by atoms with Crippen LogP contribution in [0.3, 0.4) is 0 Å². The number of hydrogen-bond donors (Lipinski definition) is 0. The molecule has 2 heterocycles. The van der Waals surface area contributed by atoms with Crippen molar-refractivity contribution in [1.29, 1.82) is 0 Å². The van der Waals surface area contributed by atoms with Crippen molar-refractivity contribution in [1.82, 2.24) is 19.3 Å². The average molecular weight is 541 g/mol. The third kappa shape index (κ3) is 5.23. The number of aromatic nitrogens is 1. The van der Waals surface area contributed by atoms with Crippen molar-refractivity contribution in [2.45, 2.75) is 38.5 Å². The number of amides is 2. The number of rotatable bonds is 8. The highest BCUT2D eigenvalue weighted by atomic mass is 16.5. The predicted octanol–water partition coefficient (Wildman–Crippen LogP) is -0.370. The molecule has 1 aliphatic rings. The quantitative estimate of drug-likeness (QED) is 0.442. The van der Waals surface area contributed by atoms with Crippen LogP contribution in [-0.2, 0) is 20.4 Å². The van der Waals surface area contributed by atoms with Gasteiger partial charge in [0.1, 0.15) is 17.1 Å². The highest BCUT2D eigenvalue weighted by Gasteiger charge is 2.45. The fraction of sp³-hybridized carbons (Fsp3) is 0.500. The second-order valence-electron chi connectivity index (χ2n) is 11.1. The van der Waals surface area contributed by atoms with Crippen molar-refractivity contribution < 1.29 is 34.1 Å². The largest absolute Gasteiger partial charge is 0.549 e. The number of likely N-dealkylation sites (N-methyl/N-ethyl adjacent to an activating group) is 1. The van der Waals surface area contributed by atoms with E-state index in [9.17, 15) is 29.4 Å². The van der Waals surface area contributed by atoms with E-state index in [1.165, 1.54) is 58.4 Å². The summed E-state index contributed by atoms with van der Waals surface area (Å²) in [5.41, 5.74) is -3.81. The Kier molecular flexibility index (Phi) is 8.16. The van der Waals surface area contributed by atoms with Gasteiger partial charge in [-0.05, 0) is 42.4 Å². The van der Waals surface area contributed by atoms with Gasteiger partial charge in [0.25, 0.3) is 11.8 Å². The highest BCUT2D eigenvalue weighted by Crippen LogP contribution is 2.43. The lowest BCUT2D eigenvalue weighted by Crippen LogP contribution is -2.49. The summed E-state index contributed by atoms with van der Waals surface area (Å²) >= 11 is 0. The Bertz CT molecular complexity index is 1280. The third-order valence-electron chi connectivity index (χ3n) is 7.37. The van der Waals surface area contributed by atoms with E-state index in [1.54, 1.807) is 29.2 Å². The minimum absolute atomic E-state index is 0.0957. The van der Waals surface area contributed by atoms with E-state index in [1.807, 2.05) is 7.05 Å². The van der Waals surface area contributed by atoms with Gasteiger partial charge in [-0.3, -0.25) is 9.59 Å². The molecule has 1 aromatic carbocycles. The first-order valence-corrected chi connectivity index (χ1v) is 12.6. The first-order chi connectivity index (χ1) is 18.1. The lowest BCUT2D eigenvalue weighted by Gasteiger charge is -2.36. The molecule has 2 amide bonds. The lowest BCUT2D eigenvalue weighted by atomic mass is 9.73. The molecule has 0 unspecified atom stereocenters. The molecule has 0 spiro atoms. The van der Waals surface area contributed by atoms with E-state index in [4.69, 9.17) is 4.74 Å². The van der Waals surface area contributed by atoms with Crippen LogP contribution >= 0.6 is 0 Å². The Morgan fingerprint density at radius 3 is 1.69 bits per heavy atom. The summed E-state index contributed by atoms with van der Waals surface area (Å²) in [6.45, 7) is 7.27. The molecule has 212 valence electrons. The normalized spacial score (nSPS) is 14.7. The number of carboxylic acid groups (broad SMARTS) is 2. The minimum atomic E-state index is -1.86. The predicted molar refractivity (Wildman–Crippen MR) is 140 cm³/mol. The maximum Gasteiger partial charge on any atom is 0.271 e. The van der Waals surface area contributed by atoms with E-state index in [0.29, 0.717) is 37.6 Å². The molecule has 1 saturated heterocycles. The first kappa shape index (κ1) is 29.7. The van der Waals surface area contributed by atoms with Crippen molar-refractivity contribution in [3.05, 3.63) is 46.8 Å². The molecule has 0 saturated carbocycles. The molecule has 1 aliphatic heterocycles. The highest BCUT2D eigenvalue weighted by molar-refractivity contribution is 6.05. The Balaban J connectivity index is 2.60. The summed E-state index contributed by atoms with van der Waals surface area (Å²) in [7, 11) is 6.42. The maximum absolute atomic E-state index is 14.3. The fourth-order valence-corrected chi connectivity index (χ4v) is 4.76. The Morgan fingerprint density at radius 1 is 0.821 bits per heavy atom. The van der Waals surface area contributed by atoms with Crippen molar-refractivity contribution >= 4 is 23.8 Å². The molecule has 11 heteroatoms. The number of ether oxygens (including phenoxy) is 1. The zero-order valence-electron chi connectivity index (χ0n) is 23.8. The Labute approximate surface area is 228 Å². The first-order valence-electron chi connectivity index (χ1n) is 12.6. The SMILES string of the molecule is COc1ccc(-n2c(C(=O)N(C)C)c(C(C)(C)C(=O)[O-])c(C(C)(C)C(=O)[O-])c2C(=O)N2CCN(C)CC2)cc1. The summed E-state index contributed by atoms with van der Waals surface area (Å²) in [5.74, 6) is -3.67. The second kappa shape index (κ2) is 10.7. The summed E-state index contributed by atoms with van der Waals surface area (Å²) in [4.78, 5) is 58.2. The van der Waals surface area contributed by atoms with Crippen molar-refractivity contribution in [2.24, 2.45) is 0 Å².